The summed E-state index contributed by atoms with van der Waals surface area (Å²) in [6, 6.07) is 3.13. The molecule has 2 aliphatic heterocycles. The van der Waals surface area contributed by atoms with Crippen LogP contribution >= 0.6 is 0 Å². The highest BCUT2D eigenvalue weighted by Crippen LogP contribution is 2.33. The van der Waals surface area contributed by atoms with Crippen LogP contribution in [0.25, 0.3) is 5.65 Å². The number of nitrogens with one attached hydrogen (secondary N) is 1. The Morgan fingerprint density at radius 2 is 1.91 bits per heavy atom. The van der Waals surface area contributed by atoms with Crippen molar-refractivity contribution in [1.82, 2.24) is 34.6 Å². The number of fused-ring (bicyclic) bond motifs is 1. The Bertz CT molecular complexity index is 1300. The Kier molecular flexibility index (Phi) is 5.91. The van der Waals surface area contributed by atoms with Gasteiger partial charge in [0, 0.05) is 26.2 Å². The van der Waals surface area contributed by atoms with Crippen LogP contribution in [0.15, 0.2) is 29.2 Å². The quantitative estimate of drug-likeness (QED) is 0.548. The van der Waals surface area contributed by atoms with E-state index in [4.69, 9.17) is 0 Å². The summed E-state index contributed by atoms with van der Waals surface area (Å²) in [4.78, 5) is 34.3. The highest BCUT2D eigenvalue weighted by molar-refractivity contribution is 5.78. The number of hydrogen-bond donors (Lipinski definition) is 1. The molecular weight excluding hydrogens is 472 g/mol. The number of nitrogens with zero attached hydrogens (tertiary/aromatic N) is 7. The SMILES string of the molecule is O=C(CN1CCCC1c1cc(C(F)(F)F)c(=O)[nH]n1)N1CCN(c2nc3ccc(F)cn3n2)CC1. The molecule has 186 valence electrons. The molecule has 0 aliphatic carbocycles. The van der Waals surface area contributed by atoms with Gasteiger partial charge in [-0.25, -0.2) is 14.0 Å². The third-order valence-corrected chi connectivity index (χ3v) is 6.37. The molecule has 3 aromatic rings. The van der Waals surface area contributed by atoms with E-state index in [1.54, 1.807) is 9.80 Å². The predicted octanol–water partition coefficient (Wildman–Crippen LogP) is 1.46. The van der Waals surface area contributed by atoms with Crippen molar-refractivity contribution in [3.63, 3.8) is 0 Å². The van der Waals surface area contributed by atoms with Gasteiger partial charge in [-0.3, -0.25) is 14.5 Å². The van der Waals surface area contributed by atoms with Crippen LogP contribution in [0.2, 0.25) is 0 Å². The Morgan fingerprint density at radius 1 is 1.14 bits per heavy atom. The first-order valence-electron chi connectivity index (χ1n) is 11.1. The third kappa shape index (κ3) is 4.70. The number of anilines is 1. The van der Waals surface area contributed by atoms with Crippen molar-refractivity contribution < 1.29 is 22.4 Å². The molecule has 1 unspecified atom stereocenters. The molecular formula is C21H22F4N8O2. The molecule has 0 radical (unpaired) electrons. The van der Waals surface area contributed by atoms with Crippen molar-refractivity contribution in [2.75, 3.05) is 44.2 Å². The molecule has 35 heavy (non-hydrogen) atoms. The zero-order valence-corrected chi connectivity index (χ0v) is 18.5. The normalized spacial score (nSPS) is 19.6. The minimum absolute atomic E-state index is 0.0404. The molecule has 2 aliphatic rings. The lowest BCUT2D eigenvalue weighted by Gasteiger charge is -2.35. The summed E-state index contributed by atoms with van der Waals surface area (Å²) in [7, 11) is 0. The number of rotatable bonds is 4. The number of aromatic amines is 1. The summed E-state index contributed by atoms with van der Waals surface area (Å²) in [5.41, 5.74) is -1.96. The molecule has 2 fully saturated rings. The number of piperazine rings is 1. The number of pyridine rings is 1. The van der Waals surface area contributed by atoms with Gasteiger partial charge in [0.2, 0.25) is 11.9 Å². The lowest BCUT2D eigenvalue weighted by molar-refractivity contribution is -0.139. The summed E-state index contributed by atoms with van der Waals surface area (Å²) >= 11 is 0. The Labute approximate surface area is 196 Å². The van der Waals surface area contributed by atoms with Crippen LogP contribution in [0.3, 0.4) is 0 Å². The first-order valence-corrected chi connectivity index (χ1v) is 11.1. The van der Waals surface area contributed by atoms with E-state index in [0.29, 0.717) is 57.2 Å². The average Bonchev–Trinajstić information content (AvgIpc) is 3.45. The lowest BCUT2D eigenvalue weighted by atomic mass is 10.1. The zero-order valence-electron chi connectivity index (χ0n) is 18.5. The molecule has 5 heterocycles. The number of aromatic nitrogens is 5. The summed E-state index contributed by atoms with van der Waals surface area (Å²) in [6.07, 6.45) is -2.30. The van der Waals surface area contributed by atoms with Crippen molar-refractivity contribution in [1.29, 1.82) is 0 Å². The first-order chi connectivity index (χ1) is 16.7. The Morgan fingerprint density at radius 3 is 2.66 bits per heavy atom. The standard InChI is InChI=1S/C21H22F4N8O2/c22-13-3-4-17-26-20(29-33(17)11-13)31-8-6-30(7-9-31)18(34)12-32-5-1-2-16(32)15-10-14(21(23,24)25)19(35)28-27-15/h3-4,10-11,16H,1-2,5-9,12H2,(H,28,35). The molecule has 14 heteroatoms. The van der Waals surface area contributed by atoms with Gasteiger partial charge >= 0.3 is 6.18 Å². The van der Waals surface area contributed by atoms with Gasteiger partial charge in [0.25, 0.3) is 5.56 Å². The molecule has 0 bridgehead atoms. The van der Waals surface area contributed by atoms with E-state index in [0.717, 1.165) is 6.07 Å². The number of carbonyl (C=O) groups is 1. The maximum Gasteiger partial charge on any atom is 0.421 e. The largest absolute Gasteiger partial charge is 0.421 e. The second-order valence-corrected chi connectivity index (χ2v) is 8.59. The fourth-order valence-corrected chi connectivity index (χ4v) is 4.56. The Balaban J connectivity index is 1.22. The maximum absolute atomic E-state index is 13.4. The van der Waals surface area contributed by atoms with E-state index in [2.05, 4.69) is 15.2 Å². The average molecular weight is 494 g/mol. The Hall–Kier alpha value is -3.55. The van der Waals surface area contributed by atoms with Crippen LogP contribution in [0, 0.1) is 5.82 Å². The van der Waals surface area contributed by atoms with E-state index in [1.165, 1.54) is 22.8 Å². The third-order valence-electron chi connectivity index (χ3n) is 6.37. The molecule has 1 atom stereocenters. The predicted molar refractivity (Wildman–Crippen MR) is 115 cm³/mol. The van der Waals surface area contributed by atoms with E-state index in [9.17, 15) is 27.2 Å². The molecule has 3 aromatic heterocycles. The number of alkyl halides is 3. The van der Waals surface area contributed by atoms with Crippen LogP contribution in [0.5, 0.6) is 0 Å². The number of carbonyl (C=O) groups excluding carboxylic acids is 1. The summed E-state index contributed by atoms with van der Waals surface area (Å²) in [6.45, 7) is 2.42. The highest BCUT2D eigenvalue weighted by Gasteiger charge is 2.37. The van der Waals surface area contributed by atoms with Crippen molar-refractivity contribution >= 4 is 17.5 Å². The van der Waals surface area contributed by atoms with Gasteiger partial charge < -0.3 is 9.80 Å². The molecule has 2 saturated heterocycles. The van der Waals surface area contributed by atoms with Gasteiger partial charge in [-0.1, -0.05) is 0 Å². The monoisotopic (exact) mass is 494 g/mol. The van der Waals surface area contributed by atoms with E-state index < -0.39 is 29.2 Å². The number of hydrogen-bond acceptors (Lipinski definition) is 7. The van der Waals surface area contributed by atoms with Crippen molar-refractivity contribution in [3.8, 4) is 0 Å². The van der Waals surface area contributed by atoms with Gasteiger partial charge in [-0.2, -0.15) is 23.3 Å². The lowest BCUT2D eigenvalue weighted by Crippen LogP contribution is -2.51. The van der Waals surface area contributed by atoms with Crippen molar-refractivity contribution in [2.24, 2.45) is 0 Å². The van der Waals surface area contributed by atoms with E-state index in [-0.39, 0.29) is 18.1 Å². The fourth-order valence-electron chi connectivity index (χ4n) is 4.56. The van der Waals surface area contributed by atoms with Crippen LogP contribution in [0.4, 0.5) is 23.5 Å². The summed E-state index contributed by atoms with van der Waals surface area (Å²) in [5, 5.41) is 10.0. The first kappa shape index (κ1) is 23.2. The zero-order chi connectivity index (χ0) is 24.7. The summed E-state index contributed by atoms with van der Waals surface area (Å²) in [5.74, 6) is -0.106. The number of halogens is 4. The molecule has 0 aromatic carbocycles. The van der Waals surface area contributed by atoms with Crippen molar-refractivity contribution in [2.45, 2.75) is 25.1 Å². The highest BCUT2D eigenvalue weighted by atomic mass is 19.4. The second kappa shape index (κ2) is 8.91. The minimum atomic E-state index is -4.78. The van der Waals surface area contributed by atoms with E-state index >= 15 is 0 Å². The molecule has 10 nitrogen and oxygen atoms in total. The van der Waals surface area contributed by atoms with Gasteiger partial charge in [0.15, 0.2) is 5.65 Å². The topological polar surface area (TPSA) is 103 Å². The second-order valence-electron chi connectivity index (χ2n) is 8.59. The minimum Gasteiger partial charge on any atom is -0.338 e. The van der Waals surface area contributed by atoms with Crippen LogP contribution < -0.4 is 10.5 Å². The fraction of sp³-hybridized carbons (Fsp3) is 0.476. The van der Waals surface area contributed by atoms with Crippen LogP contribution in [0.1, 0.15) is 30.1 Å². The van der Waals surface area contributed by atoms with Gasteiger partial charge in [-0.15, -0.1) is 5.10 Å². The van der Waals surface area contributed by atoms with Crippen LogP contribution in [-0.2, 0) is 11.0 Å². The van der Waals surface area contributed by atoms with Crippen molar-refractivity contribution in [3.05, 3.63) is 51.8 Å². The smallest absolute Gasteiger partial charge is 0.338 e. The number of H-pyrrole nitrogens is 1. The van der Waals surface area contributed by atoms with E-state index in [1.807, 2.05) is 10.00 Å². The maximum atomic E-state index is 13.4. The molecule has 1 amide bonds. The summed E-state index contributed by atoms with van der Waals surface area (Å²) < 4.78 is 54.2. The molecule has 1 N–H and O–H groups in total. The molecule has 0 spiro atoms. The number of amides is 1. The van der Waals surface area contributed by atoms with Gasteiger partial charge in [-0.05, 0) is 37.6 Å². The van der Waals surface area contributed by atoms with Gasteiger partial charge in [0.1, 0.15) is 11.4 Å². The molecule has 0 saturated carbocycles. The molecule has 5 rings (SSSR count). The number of likely N-dealkylation sites (tertiary alicyclic amines) is 1. The van der Waals surface area contributed by atoms with Gasteiger partial charge in [0.05, 0.1) is 24.5 Å². The van der Waals surface area contributed by atoms with Crippen LogP contribution in [-0.4, -0.2) is 79.8 Å².